The van der Waals surface area contributed by atoms with Gasteiger partial charge in [0.05, 0.1) is 28.4 Å². The Hall–Kier alpha value is -9.13. The molecule has 0 amide bonds. The third-order valence-electron chi connectivity index (χ3n) is 44.7. The third-order valence-corrected chi connectivity index (χ3v) is 44.7. The molecular weight excluding hydrogens is 1770 g/mol. The van der Waals surface area contributed by atoms with Crippen LogP contribution in [0.15, 0.2) is 148 Å². The van der Waals surface area contributed by atoms with E-state index in [4.69, 9.17) is 8.83 Å². The van der Waals surface area contributed by atoms with Crippen LogP contribution in [0.5, 0.6) is 0 Å². The van der Waals surface area contributed by atoms with Crippen LogP contribution in [0.4, 0.5) is 68.2 Å². The standard InChI is InChI=1S/C138H170B2N4O2/c1-79-59-108-114-109(60-79)143(104-71-97-92(61-80(104)2)124(7,8)47-50-129(97,17)18)106-74-100-101(70-103(106)140(114)120-116(112-118(145-120)135(29,30)55-53-133(112,25)26)141(108)86-39-41-90-93(66-86)125(9,10)45-43-122(90,3)4)137(33,58-57-132(100,23)24)78-89-83-62-81-63-84(89)77-138(75-81,76-83)85-64-110-115-111(65-85)144(105-72-98-95(127(13,14)48-51-130(98,19)20)68-88(105)82-37-35-34-36-38-82)107-73-99-96(128(15,16)49-52-131(99,21)22)69-102(107)139(115)121-117(113-119(146-121)136(31,32)56-54-134(113,27)28)142(110)87-40-42-91-94(67-87)126(11,12)46-44-123(91,5)6/h34-42,59-61,64-74,81,83-84,89H,43-58,62-63,75-78H2,1-33H3. The second-order valence-electron chi connectivity index (χ2n) is 61.7. The van der Waals surface area contributed by atoms with Crippen LogP contribution in [0, 0.1) is 37.5 Å². The number of nitrogens with zero attached hydrogens (tertiary/aromatic N) is 4. The van der Waals surface area contributed by atoms with Gasteiger partial charge in [0.1, 0.15) is 11.5 Å². The van der Waals surface area contributed by atoms with Crippen LogP contribution in [0.1, 0.15) is 462 Å². The zero-order valence-corrected chi connectivity index (χ0v) is 95.9. The number of fused-ring (bicyclic) bond motifs is 18. The van der Waals surface area contributed by atoms with E-state index >= 15 is 0 Å². The van der Waals surface area contributed by atoms with Gasteiger partial charge in [0.15, 0.2) is 0 Å². The molecule has 0 radical (unpaired) electrons. The average Bonchev–Trinajstić information content (AvgIpc) is 1.50. The van der Waals surface area contributed by atoms with Crippen LogP contribution >= 0.6 is 0 Å². The van der Waals surface area contributed by atoms with Crippen LogP contribution in [0.3, 0.4) is 0 Å². The highest BCUT2D eigenvalue weighted by Gasteiger charge is 2.63. The summed E-state index contributed by atoms with van der Waals surface area (Å²) < 4.78 is 16.7. The van der Waals surface area contributed by atoms with Gasteiger partial charge in [0.2, 0.25) is 0 Å². The van der Waals surface area contributed by atoms with E-state index in [0.29, 0.717) is 23.7 Å². The smallest absolute Gasteiger partial charge is 0.297 e. The summed E-state index contributed by atoms with van der Waals surface area (Å²) in [5.41, 5.74) is 50.8. The normalized spacial score (nSPS) is 27.3. The average molecular weight is 1940 g/mol. The van der Waals surface area contributed by atoms with E-state index in [1.807, 2.05) is 0 Å². The first-order valence-corrected chi connectivity index (χ1v) is 58.1. The predicted octanol–water partition coefficient (Wildman–Crippen LogP) is 33.9. The highest BCUT2D eigenvalue weighted by Crippen LogP contribution is 2.70. The Morgan fingerprint density at radius 3 is 1.07 bits per heavy atom. The second-order valence-corrected chi connectivity index (χ2v) is 61.7. The minimum Gasteiger partial charge on any atom is -0.472 e. The summed E-state index contributed by atoms with van der Waals surface area (Å²) in [4.78, 5) is 11.5. The first-order valence-electron chi connectivity index (χ1n) is 58.1. The van der Waals surface area contributed by atoms with E-state index in [2.05, 4.69) is 388 Å². The molecule has 4 aliphatic heterocycles. The maximum Gasteiger partial charge on any atom is 0.297 e. The number of furan rings is 2. The Morgan fingerprint density at radius 2 is 0.623 bits per heavy atom. The molecular formula is C138H170B2N4O2. The van der Waals surface area contributed by atoms with Gasteiger partial charge in [0.25, 0.3) is 13.4 Å². The van der Waals surface area contributed by atoms with Crippen molar-refractivity contribution in [3.63, 3.8) is 0 Å². The molecule has 6 nitrogen and oxygen atoms in total. The molecule has 8 heteroatoms. The summed E-state index contributed by atoms with van der Waals surface area (Å²) in [5.74, 6) is 4.75. The number of aryl methyl sites for hydroxylation is 2. The molecule has 27 rings (SSSR count). The van der Waals surface area contributed by atoms with Crippen molar-refractivity contribution in [2.24, 2.45) is 23.7 Å². The van der Waals surface area contributed by atoms with E-state index in [0.717, 1.165) is 94.8 Å². The molecule has 16 aliphatic rings. The van der Waals surface area contributed by atoms with E-state index in [1.54, 1.807) is 16.7 Å². The first kappa shape index (κ1) is 96.4. The van der Waals surface area contributed by atoms with E-state index < -0.39 is 0 Å². The van der Waals surface area contributed by atoms with Gasteiger partial charge in [-0.05, 0) is 450 Å². The fourth-order valence-corrected chi connectivity index (χ4v) is 34.6. The molecule has 9 aromatic carbocycles. The van der Waals surface area contributed by atoms with Crippen molar-refractivity contribution < 1.29 is 8.83 Å². The predicted molar refractivity (Wildman–Crippen MR) is 620 cm³/mol. The van der Waals surface area contributed by atoms with Crippen LogP contribution in [0.25, 0.3) is 11.1 Å². The minimum atomic E-state index is -0.193. The van der Waals surface area contributed by atoms with Gasteiger partial charge < -0.3 is 28.4 Å². The summed E-state index contributed by atoms with van der Waals surface area (Å²) in [5, 5.41) is 0. The molecule has 6 heterocycles. The van der Waals surface area contributed by atoms with Gasteiger partial charge in [-0.15, -0.1) is 0 Å². The zero-order valence-electron chi connectivity index (χ0n) is 95.9. The lowest BCUT2D eigenvalue weighted by atomic mass is 9.34. The number of benzene rings is 9. The summed E-state index contributed by atoms with van der Waals surface area (Å²) in [6, 6.07) is 60.8. The van der Waals surface area contributed by atoms with Crippen molar-refractivity contribution in [2.75, 3.05) is 19.6 Å². The van der Waals surface area contributed by atoms with Crippen molar-refractivity contribution >= 4 is 115 Å². The maximum atomic E-state index is 8.40. The topological polar surface area (TPSA) is 39.2 Å². The molecule has 4 fully saturated rings. The van der Waals surface area contributed by atoms with Crippen molar-refractivity contribution in [1.82, 2.24) is 0 Å². The summed E-state index contributed by atoms with van der Waals surface area (Å²) in [7, 11) is 0. The Morgan fingerprint density at radius 1 is 0.288 bits per heavy atom. The van der Waals surface area contributed by atoms with Gasteiger partial charge >= 0.3 is 0 Å². The summed E-state index contributed by atoms with van der Waals surface area (Å²) in [6.45, 7) is 83.9. The van der Waals surface area contributed by atoms with E-state index in [9.17, 15) is 0 Å². The lowest BCUT2D eigenvalue weighted by molar-refractivity contribution is -0.0671. The number of hydrogen-bond donors (Lipinski definition) is 0. The molecule has 0 N–H and O–H groups in total. The zero-order chi connectivity index (χ0) is 103. The van der Waals surface area contributed by atoms with Gasteiger partial charge in [-0.1, -0.05) is 275 Å². The lowest BCUT2D eigenvalue weighted by Gasteiger charge is -2.62. The number of rotatable bonds is 8. The Labute approximate surface area is 879 Å². The third kappa shape index (κ3) is 13.5. The maximum absolute atomic E-state index is 8.40. The molecule has 4 bridgehead atoms. The number of anilines is 12. The molecule has 3 atom stereocenters. The fraction of sp³-hybridized carbons (Fsp3) is 0.551. The fourth-order valence-electron chi connectivity index (χ4n) is 34.6. The Bertz CT molecular complexity index is 7470. The van der Waals surface area contributed by atoms with Crippen LogP contribution in [-0.4, -0.2) is 13.4 Å². The number of hydrogen-bond acceptors (Lipinski definition) is 6. The van der Waals surface area contributed by atoms with Gasteiger partial charge in [-0.3, -0.25) is 0 Å². The quantitative estimate of drug-likeness (QED) is 0.141. The summed E-state index contributed by atoms with van der Waals surface area (Å²) >= 11 is 0. The second kappa shape index (κ2) is 30.0. The molecule has 0 spiro atoms. The monoisotopic (exact) mass is 1940 g/mol. The van der Waals surface area contributed by atoms with Crippen LogP contribution in [0.2, 0.25) is 0 Å². The van der Waals surface area contributed by atoms with Crippen LogP contribution in [-0.2, 0) is 92.1 Å². The van der Waals surface area contributed by atoms with Gasteiger partial charge in [0, 0.05) is 78.7 Å². The minimum absolute atomic E-state index is 0.000943. The molecule has 0 saturated heterocycles. The molecule has 146 heavy (non-hydrogen) atoms. The molecule has 12 aliphatic carbocycles. The van der Waals surface area contributed by atoms with E-state index in [1.165, 1.54) is 248 Å². The van der Waals surface area contributed by atoms with Crippen molar-refractivity contribution in [2.45, 2.75) is 462 Å². The van der Waals surface area contributed by atoms with Crippen molar-refractivity contribution in [1.29, 1.82) is 0 Å². The van der Waals surface area contributed by atoms with Crippen molar-refractivity contribution in [3.8, 4) is 11.1 Å². The highest BCUT2D eigenvalue weighted by atomic mass is 16.3. The Kier molecular flexibility index (Phi) is 19.8. The van der Waals surface area contributed by atoms with Crippen molar-refractivity contribution in [3.05, 3.63) is 246 Å². The van der Waals surface area contributed by atoms with Crippen LogP contribution < -0.4 is 52.8 Å². The SMILES string of the molecule is Cc1cc2c3c(c1)N(c1ccc4c(c1)C(C)(C)CCC4(C)C)c1c(oc4c1C(C)(C)CCC4(C)C)B3c1cc3c(cc1N2c1cc2c(cc1C)C(C)(C)CCC2(C)C)C(C)(C)CCC3(C)CC1C2CC3CC1CC(c1cc4c5c(c1)N(c1ccc6c(c1)C(C)(C)CCC6(C)C)c1c(oc6c1C(C)(C)CCC6(C)C)B5c1cc5c(cc1N4c1cc4c(cc1-c1ccccc1)C(C)(C)CCC4(C)C)C(C)(C)CCC5(C)C)(C3)C2. The molecule has 760 valence electrons. The largest absolute Gasteiger partial charge is 0.472 e. The molecule has 3 unspecified atom stereocenters. The molecule has 11 aromatic rings. The summed E-state index contributed by atoms with van der Waals surface area (Å²) in [6.07, 6.45) is 25.7. The van der Waals surface area contributed by atoms with E-state index in [-0.39, 0.29) is 105 Å². The lowest BCUT2D eigenvalue weighted by Crippen LogP contribution is -2.62. The first-order chi connectivity index (χ1) is 68.1. The highest BCUT2D eigenvalue weighted by molar-refractivity contribution is 7.00. The van der Waals surface area contributed by atoms with Gasteiger partial charge in [-0.2, -0.15) is 0 Å². The Balaban J connectivity index is 0.689. The van der Waals surface area contributed by atoms with Gasteiger partial charge in [-0.25, -0.2) is 0 Å². The molecule has 4 saturated carbocycles. The molecule has 2 aromatic heterocycles.